The van der Waals surface area contributed by atoms with Gasteiger partial charge >= 0.3 is 5.97 Å². The number of likely N-dealkylation sites (tertiary alicyclic amines) is 1. The van der Waals surface area contributed by atoms with E-state index in [0.29, 0.717) is 6.07 Å². The second-order valence-corrected chi connectivity index (χ2v) is 4.60. The van der Waals surface area contributed by atoms with E-state index in [1.54, 1.807) is 0 Å². The number of benzene rings is 1. The molecule has 1 fully saturated rings. The Kier molecular flexibility index (Phi) is 3.23. The normalized spacial score (nSPS) is 22.6. The molecular weight excluding hydrogens is 258 g/mol. The molecule has 0 bridgehead atoms. The van der Waals surface area contributed by atoms with Crippen molar-refractivity contribution < 1.29 is 23.5 Å². The number of rotatable bonds is 2. The minimum atomic E-state index is -1.50. The molecule has 1 heterocycles. The van der Waals surface area contributed by atoms with Gasteiger partial charge in [-0.25, -0.2) is 8.78 Å². The molecule has 0 aliphatic carbocycles. The molecule has 19 heavy (non-hydrogen) atoms. The smallest absolute Gasteiger partial charge is 0.325 e. The van der Waals surface area contributed by atoms with Crippen molar-refractivity contribution in [2.24, 2.45) is 5.73 Å². The zero-order valence-corrected chi connectivity index (χ0v) is 9.90. The molecule has 3 N–H and O–H groups in total. The summed E-state index contributed by atoms with van der Waals surface area (Å²) >= 11 is 0. The molecular formula is C12H12F2N2O3. The number of carbonyl (C=O) groups is 2. The van der Waals surface area contributed by atoms with Gasteiger partial charge in [-0.15, -0.1) is 0 Å². The quantitative estimate of drug-likeness (QED) is 0.824. The molecule has 1 aromatic rings. The molecule has 2 rings (SSSR count). The molecule has 0 radical (unpaired) electrons. The van der Waals surface area contributed by atoms with Crippen molar-refractivity contribution in [3.05, 3.63) is 35.4 Å². The summed E-state index contributed by atoms with van der Waals surface area (Å²) in [5, 5.41) is 8.95. The third kappa shape index (κ3) is 2.55. The summed E-state index contributed by atoms with van der Waals surface area (Å²) in [5.74, 6) is -3.56. The van der Waals surface area contributed by atoms with Crippen molar-refractivity contribution in [1.29, 1.82) is 0 Å². The fraction of sp³-hybridized carbons (Fsp3) is 0.333. The van der Waals surface area contributed by atoms with E-state index in [1.165, 1.54) is 4.90 Å². The van der Waals surface area contributed by atoms with Gasteiger partial charge in [-0.1, -0.05) is 0 Å². The molecule has 1 aromatic carbocycles. The van der Waals surface area contributed by atoms with E-state index in [4.69, 9.17) is 10.8 Å². The van der Waals surface area contributed by atoms with Crippen LogP contribution in [-0.4, -0.2) is 40.5 Å². The third-order valence-corrected chi connectivity index (χ3v) is 3.12. The van der Waals surface area contributed by atoms with E-state index in [-0.39, 0.29) is 25.1 Å². The number of nitrogens with zero attached hydrogens (tertiary/aromatic N) is 1. The Morgan fingerprint density at radius 1 is 1.26 bits per heavy atom. The van der Waals surface area contributed by atoms with Crippen LogP contribution in [-0.2, 0) is 4.79 Å². The van der Waals surface area contributed by atoms with Crippen LogP contribution < -0.4 is 5.73 Å². The van der Waals surface area contributed by atoms with Crippen LogP contribution in [0.3, 0.4) is 0 Å². The highest BCUT2D eigenvalue weighted by Gasteiger charge is 2.43. The summed E-state index contributed by atoms with van der Waals surface area (Å²) in [7, 11) is 0. The number of hydrogen-bond donors (Lipinski definition) is 2. The predicted molar refractivity (Wildman–Crippen MR) is 61.4 cm³/mol. The van der Waals surface area contributed by atoms with Gasteiger partial charge in [0.15, 0.2) is 0 Å². The molecule has 5 nitrogen and oxygen atoms in total. The van der Waals surface area contributed by atoms with E-state index in [9.17, 15) is 18.4 Å². The molecule has 102 valence electrons. The minimum absolute atomic E-state index is 0.103. The Morgan fingerprint density at radius 2 is 1.84 bits per heavy atom. The van der Waals surface area contributed by atoms with Crippen LogP contribution in [0.5, 0.6) is 0 Å². The van der Waals surface area contributed by atoms with Crippen LogP contribution in [0, 0.1) is 11.6 Å². The van der Waals surface area contributed by atoms with Crippen molar-refractivity contribution in [3.8, 4) is 0 Å². The largest absolute Gasteiger partial charge is 0.480 e. The topological polar surface area (TPSA) is 83.6 Å². The van der Waals surface area contributed by atoms with Gasteiger partial charge in [0.2, 0.25) is 0 Å². The van der Waals surface area contributed by atoms with E-state index in [1.807, 2.05) is 0 Å². The average molecular weight is 270 g/mol. The fourth-order valence-corrected chi connectivity index (χ4v) is 2.04. The molecule has 0 aromatic heterocycles. The Hall–Kier alpha value is -2.02. The van der Waals surface area contributed by atoms with E-state index >= 15 is 0 Å². The van der Waals surface area contributed by atoms with E-state index in [0.717, 1.165) is 12.1 Å². The highest BCUT2D eigenvalue weighted by atomic mass is 19.1. The van der Waals surface area contributed by atoms with Gasteiger partial charge in [-0.2, -0.15) is 0 Å². The Balaban J connectivity index is 2.20. The van der Waals surface area contributed by atoms with Crippen molar-refractivity contribution in [3.63, 3.8) is 0 Å². The van der Waals surface area contributed by atoms with Crippen LogP contribution >= 0.6 is 0 Å². The second-order valence-electron chi connectivity index (χ2n) is 4.60. The lowest BCUT2D eigenvalue weighted by Crippen LogP contribution is -2.50. The van der Waals surface area contributed by atoms with Crippen LogP contribution in [0.4, 0.5) is 8.78 Å². The zero-order valence-electron chi connectivity index (χ0n) is 9.90. The Bertz CT molecular complexity index is 530. The highest BCUT2D eigenvalue weighted by molar-refractivity contribution is 5.95. The van der Waals surface area contributed by atoms with Crippen molar-refractivity contribution in [2.75, 3.05) is 13.1 Å². The number of nitrogens with two attached hydrogens (primary N) is 1. The predicted octanol–water partition coefficient (Wildman–Crippen LogP) is 0.593. The number of carboxylic acid groups (broad SMARTS) is 1. The van der Waals surface area contributed by atoms with Crippen LogP contribution in [0.1, 0.15) is 16.8 Å². The van der Waals surface area contributed by atoms with Gasteiger partial charge < -0.3 is 15.7 Å². The molecule has 7 heteroatoms. The maximum atomic E-state index is 13.0. The maximum Gasteiger partial charge on any atom is 0.325 e. The maximum absolute atomic E-state index is 13.0. The van der Waals surface area contributed by atoms with Crippen LogP contribution in [0.15, 0.2) is 18.2 Å². The number of carbonyl (C=O) groups excluding carboxylic acids is 1. The number of amides is 1. The lowest BCUT2D eigenvalue weighted by atomic mass is 10.0. The molecule has 1 atom stereocenters. The van der Waals surface area contributed by atoms with Gasteiger partial charge in [0, 0.05) is 24.7 Å². The second kappa shape index (κ2) is 4.58. The molecule has 1 saturated heterocycles. The first-order valence-corrected chi connectivity index (χ1v) is 5.59. The molecule has 0 spiro atoms. The standard InChI is InChI=1S/C12H12F2N2O3/c13-8-3-7(4-9(14)5-8)10(17)16-2-1-12(15,6-16)11(18)19/h3-5H,1-2,6,15H2,(H,18,19). The van der Waals surface area contributed by atoms with Gasteiger partial charge in [-0.05, 0) is 18.6 Å². The van der Waals surface area contributed by atoms with Gasteiger partial charge in [0.25, 0.3) is 5.91 Å². The summed E-state index contributed by atoms with van der Waals surface area (Å²) in [6.45, 7) is -0.0426. The zero-order chi connectivity index (χ0) is 14.2. The number of carboxylic acids is 1. The van der Waals surface area contributed by atoms with Crippen LogP contribution in [0.2, 0.25) is 0 Å². The molecule has 1 unspecified atom stereocenters. The fourth-order valence-electron chi connectivity index (χ4n) is 2.04. The van der Waals surface area contributed by atoms with E-state index < -0.39 is 29.0 Å². The Labute approximate surface area is 107 Å². The summed E-state index contributed by atoms with van der Waals surface area (Å²) in [6, 6.07) is 2.47. The first kappa shape index (κ1) is 13.4. The monoisotopic (exact) mass is 270 g/mol. The lowest BCUT2D eigenvalue weighted by Gasteiger charge is -2.20. The summed E-state index contributed by atoms with van der Waals surface area (Å²) in [4.78, 5) is 24.1. The van der Waals surface area contributed by atoms with E-state index in [2.05, 4.69) is 0 Å². The lowest BCUT2D eigenvalue weighted by molar-refractivity contribution is -0.142. The van der Waals surface area contributed by atoms with Gasteiger partial charge in [0.05, 0.1) is 0 Å². The summed E-state index contributed by atoms with van der Waals surface area (Å²) in [5.41, 5.74) is 3.97. The van der Waals surface area contributed by atoms with Crippen molar-refractivity contribution in [2.45, 2.75) is 12.0 Å². The van der Waals surface area contributed by atoms with Crippen molar-refractivity contribution in [1.82, 2.24) is 4.90 Å². The highest BCUT2D eigenvalue weighted by Crippen LogP contribution is 2.21. The molecule has 0 saturated carbocycles. The first-order valence-electron chi connectivity index (χ1n) is 5.59. The summed E-state index contributed by atoms with van der Waals surface area (Å²) in [6.07, 6.45) is 0.103. The minimum Gasteiger partial charge on any atom is -0.480 e. The molecule has 1 aliphatic heterocycles. The summed E-state index contributed by atoms with van der Waals surface area (Å²) < 4.78 is 26.1. The van der Waals surface area contributed by atoms with Gasteiger partial charge in [0.1, 0.15) is 17.2 Å². The molecule has 1 aliphatic rings. The van der Waals surface area contributed by atoms with Gasteiger partial charge in [-0.3, -0.25) is 9.59 Å². The molecule has 1 amide bonds. The van der Waals surface area contributed by atoms with Crippen molar-refractivity contribution >= 4 is 11.9 Å². The number of hydrogen-bond acceptors (Lipinski definition) is 3. The number of aliphatic carboxylic acids is 1. The average Bonchev–Trinajstić information content (AvgIpc) is 2.71. The first-order chi connectivity index (χ1) is 8.82. The third-order valence-electron chi connectivity index (χ3n) is 3.12. The number of halogens is 2. The Morgan fingerprint density at radius 3 is 2.32 bits per heavy atom. The SMILES string of the molecule is NC1(C(=O)O)CCN(C(=O)c2cc(F)cc(F)c2)C1. The van der Waals surface area contributed by atoms with Crippen LogP contribution in [0.25, 0.3) is 0 Å².